The fourth-order valence-corrected chi connectivity index (χ4v) is 3.52. The number of hydrogen-bond acceptors (Lipinski definition) is 3. The van der Waals surface area contributed by atoms with Gasteiger partial charge < -0.3 is 5.32 Å². The number of sulfonamides is 1. The van der Waals surface area contributed by atoms with Crippen molar-refractivity contribution in [2.24, 2.45) is 0 Å². The lowest BCUT2D eigenvalue weighted by molar-refractivity contribution is -0.121. The monoisotopic (exact) mass is 350 g/mol. The van der Waals surface area contributed by atoms with E-state index in [0.717, 1.165) is 18.4 Å². The van der Waals surface area contributed by atoms with Gasteiger partial charge in [0.15, 0.2) is 0 Å². The third kappa shape index (κ3) is 5.76. The Morgan fingerprint density at radius 2 is 1.88 bits per heavy atom. The number of allylic oxidation sites excluding steroid dienone is 1. The molecule has 0 saturated carbocycles. The molecule has 1 amide bonds. The molecular weight excluding hydrogens is 324 g/mol. The maximum atomic E-state index is 11.9. The summed E-state index contributed by atoms with van der Waals surface area (Å²) in [6.45, 7) is 0.698. The summed E-state index contributed by atoms with van der Waals surface area (Å²) in [6.07, 6.45) is 9.15. The van der Waals surface area contributed by atoms with Crippen molar-refractivity contribution in [1.29, 1.82) is 0 Å². The molecule has 6 heteroatoms. The molecule has 1 aliphatic carbocycles. The quantitative estimate of drug-likeness (QED) is 0.708. The highest BCUT2D eigenvalue weighted by Crippen LogP contribution is 2.19. The van der Waals surface area contributed by atoms with Crippen LogP contribution in [0.25, 0.3) is 0 Å². The molecule has 1 aliphatic rings. The summed E-state index contributed by atoms with van der Waals surface area (Å²) in [7, 11) is -2.02. The lowest BCUT2D eigenvalue weighted by Crippen LogP contribution is -2.25. The highest BCUT2D eigenvalue weighted by molar-refractivity contribution is 7.89. The lowest BCUT2D eigenvalue weighted by Gasteiger charge is -2.13. The Balaban J connectivity index is 1.72. The SMILES string of the molecule is CNS(=O)(=O)c1ccc(CCC(=O)NCCC2=CCCCC2)cc1. The molecule has 132 valence electrons. The second kappa shape index (κ2) is 8.99. The molecule has 2 rings (SSSR count). The molecule has 0 heterocycles. The Bertz CT molecular complexity index is 679. The van der Waals surface area contributed by atoms with E-state index in [1.54, 1.807) is 24.3 Å². The van der Waals surface area contributed by atoms with Gasteiger partial charge in [0.1, 0.15) is 0 Å². The maximum Gasteiger partial charge on any atom is 0.240 e. The Hall–Kier alpha value is -1.66. The number of aryl methyl sites for hydroxylation is 1. The molecular formula is C18H26N2O3S. The summed E-state index contributed by atoms with van der Waals surface area (Å²) in [6, 6.07) is 6.64. The fraction of sp³-hybridized carbons (Fsp3) is 0.500. The second-order valence-corrected chi connectivity index (χ2v) is 7.95. The minimum atomic E-state index is -3.40. The first-order chi connectivity index (χ1) is 11.5. The van der Waals surface area contributed by atoms with Crippen LogP contribution in [-0.4, -0.2) is 27.9 Å². The predicted molar refractivity (Wildman–Crippen MR) is 95.2 cm³/mol. The average Bonchev–Trinajstić information content (AvgIpc) is 2.61. The van der Waals surface area contributed by atoms with Gasteiger partial charge in [-0.2, -0.15) is 0 Å². The van der Waals surface area contributed by atoms with E-state index < -0.39 is 10.0 Å². The zero-order valence-electron chi connectivity index (χ0n) is 14.2. The summed E-state index contributed by atoms with van der Waals surface area (Å²) in [5, 5.41) is 2.96. The third-order valence-corrected chi connectivity index (χ3v) is 5.73. The summed E-state index contributed by atoms with van der Waals surface area (Å²) in [5.74, 6) is 0.0401. The van der Waals surface area contributed by atoms with E-state index in [1.165, 1.54) is 31.9 Å². The smallest absolute Gasteiger partial charge is 0.240 e. The molecule has 0 atom stereocenters. The maximum absolute atomic E-state index is 11.9. The van der Waals surface area contributed by atoms with Crippen LogP contribution in [0, 0.1) is 0 Å². The van der Waals surface area contributed by atoms with Gasteiger partial charge >= 0.3 is 0 Å². The average molecular weight is 350 g/mol. The molecule has 5 nitrogen and oxygen atoms in total. The van der Waals surface area contributed by atoms with Crippen molar-refractivity contribution in [2.75, 3.05) is 13.6 Å². The molecule has 0 unspecified atom stereocenters. The highest BCUT2D eigenvalue weighted by Gasteiger charge is 2.11. The Labute approximate surface area is 144 Å². The van der Waals surface area contributed by atoms with Crippen molar-refractivity contribution in [3.05, 3.63) is 41.5 Å². The van der Waals surface area contributed by atoms with Crippen molar-refractivity contribution in [2.45, 2.75) is 49.8 Å². The third-order valence-electron chi connectivity index (χ3n) is 4.30. The molecule has 1 aromatic carbocycles. The molecule has 0 bridgehead atoms. The number of hydrogen-bond donors (Lipinski definition) is 2. The van der Waals surface area contributed by atoms with Gasteiger partial charge in [-0.1, -0.05) is 23.8 Å². The van der Waals surface area contributed by atoms with Crippen LogP contribution in [0.3, 0.4) is 0 Å². The lowest BCUT2D eigenvalue weighted by atomic mass is 9.97. The van der Waals surface area contributed by atoms with Crippen molar-refractivity contribution in [3.8, 4) is 0 Å². The van der Waals surface area contributed by atoms with E-state index in [4.69, 9.17) is 0 Å². The van der Waals surface area contributed by atoms with Crippen molar-refractivity contribution in [3.63, 3.8) is 0 Å². The van der Waals surface area contributed by atoms with E-state index in [0.29, 0.717) is 19.4 Å². The number of carbonyl (C=O) groups excluding carboxylic acids is 1. The first-order valence-electron chi connectivity index (χ1n) is 8.48. The van der Waals surface area contributed by atoms with Gasteiger partial charge in [0.05, 0.1) is 4.90 Å². The number of benzene rings is 1. The fourth-order valence-electron chi connectivity index (χ4n) is 2.79. The molecule has 24 heavy (non-hydrogen) atoms. The summed E-state index contributed by atoms with van der Waals surface area (Å²) < 4.78 is 25.6. The molecule has 0 saturated heterocycles. The van der Waals surface area contributed by atoms with E-state index in [-0.39, 0.29) is 10.8 Å². The van der Waals surface area contributed by atoms with Crippen molar-refractivity contribution in [1.82, 2.24) is 10.0 Å². The molecule has 1 aromatic rings. The summed E-state index contributed by atoms with van der Waals surface area (Å²) in [5.41, 5.74) is 2.41. The van der Waals surface area contributed by atoms with Crippen LogP contribution in [0.1, 0.15) is 44.1 Å². The van der Waals surface area contributed by atoms with Crippen LogP contribution < -0.4 is 10.0 Å². The number of rotatable bonds is 8. The normalized spacial score (nSPS) is 15.0. The zero-order chi connectivity index (χ0) is 17.4. The second-order valence-electron chi connectivity index (χ2n) is 6.06. The minimum absolute atomic E-state index is 0.0401. The molecule has 0 radical (unpaired) electrons. The number of amides is 1. The van der Waals surface area contributed by atoms with Gasteiger partial charge in [-0.15, -0.1) is 0 Å². The predicted octanol–water partition coefficient (Wildman–Crippen LogP) is 2.53. The first kappa shape index (κ1) is 18.7. The molecule has 0 aromatic heterocycles. The Morgan fingerprint density at radius 3 is 2.50 bits per heavy atom. The largest absolute Gasteiger partial charge is 0.356 e. The summed E-state index contributed by atoms with van der Waals surface area (Å²) >= 11 is 0. The number of nitrogens with one attached hydrogen (secondary N) is 2. The van der Waals surface area contributed by atoms with E-state index >= 15 is 0 Å². The molecule has 0 fully saturated rings. The van der Waals surface area contributed by atoms with Crippen LogP contribution in [-0.2, 0) is 21.2 Å². The van der Waals surface area contributed by atoms with Crippen molar-refractivity contribution < 1.29 is 13.2 Å². The topological polar surface area (TPSA) is 75.3 Å². The first-order valence-corrected chi connectivity index (χ1v) is 9.96. The van der Waals surface area contributed by atoms with E-state index in [2.05, 4.69) is 16.1 Å². The Morgan fingerprint density at radius 1 is 1.12 bits per heavy atom. The van der Waals surface area contributed by atoms with Gasteiger partial charge in [-0.3, -0.25) is 4.79 Å². The number of carbonyl (C=O) groups is 1. The zero-order valence-corrected chi connectivity index (χ0v) is 15.0. The summed E-state index contributed by atoms with van der Waals surface area (Å²) in [4.78, 5) is 12.1. The highest BCUT2D eigenvalue weighted by atomic mass is 32.2. The minimum Gasteiger partial charge on any atom is -0.356 e. The molecule has 2 N–H and O–H groups in total. The van der Waals surface area contributed by atoms with Crippen LogP contribution in [0.15, 0.2) is 40.8 Å². The van der Waals surface area contributed by atoms with Gasteiger partial charge in [0.25, 0.3) is 0 Å². The molecule has 0 spiro atoms. The van der Waals surface area contributed by atoms with E-state index in [9.17, 15) is 13.2 Å². The van der Waals surface area contributed by atoms with Gasteiger partial charge in [0.2, 0.25) is 15.9 Å². The van der Waals surface area contributed by atoms with Crippen LogP contribution in [0.4, 0.5) is 0 Å². The molecule has 0 aliphatic heterocycles. The van der Waals surface area contributed by atoms with Crippen LogP contribution in [0.5, 0.6) is 0 Å². The van der Waals surface area contributed by atoms with E-state index in [1.807, 2.05) is 0 Å². The van der Waals surface area contributed by atoms with Gasteiger partial charge in [-0.25, -0.2) is 13.1 Å². The van der Waals surface area contributed by atoms with Crippen LogP contribution >= 0.6 is 0 Å². The standard InChI is InChI=1S/C18H26N2O3S/c1-19-24(22,23)17-10-7-16(8-11-17)9-12-18(21)20-14-13-15-5-3-2-4-6-15/h5,7-8,10-11,19H,2-4,6,9,12-14H2,1H3,(H,20,21). The van der Waals surface area contributed by atoms with Crippen LogP contribution in [0.2, 0.25) is 0 Å². The van der Waals surface area contributed by atoms with Gasteiger partial charge in [0, 0.05) is 13.0 Å². The van der Waals surface area contributed by atoms with Gasteiger partial charge in [-0.05, 0) is 63.3 Å². The van der Waals surface area contributed by atoms with Crippen molar-refractivity contribution >= 4 is 15.9 Å². The Kier molecular flexibility index (Phi) is 6.99.